The summed E-state index contributed by atoms with van der Waals surface area (Å²) in [5.41, 5.74) is 5.37. The van der Waals surface area contributed by atoms with E-state index in [0.29, 0.717) is 47.9 Å². The molecule has 0 aliphatic carbocycles. The summed E-state index contributed by atoms with van der Waals surface area (Å²) in [6, 6.07) is 16.1. The molecule has 0 amide bonds. The second kappa shape index (κ2) is 8.75. The number of para-hydroxylation sites is 2. The number of rotatable bonds is 7. The van der Waals surface area contributed by atoms with Crippen molar-refractivity contribution in [3.8, 4) is 5.69 Å². The quantitative estimate of drug-likeness (QED) is 0.338. The maximum absolute atomic E-state index is 13.5. The van der Waals surface area contributed by atoms with E-state index >= 15 is 0 Å². The summed E-state index contributed by atoms with van der Waals surface area (Å²) in [6.07, 6.45) is 2.36. The van der Waals surface area contributed by atoms with Crippen LogP contribution in [0.4, 0.5) is 0 Å². The topological polar surface area (TPSA) is 74.8 Å². The Morgan fingerprint density at radius 3 is 2.39 bits per heavy atom. The molecule has 0 N–H and O–H groups in total. The van der Waals surface area contributed by atoms with Gasteiger partial charge in [-0.1, -0.05) is 38.1 Å². The van der Waals surface area contributed by atoms with Gasteiger partial charge in [0, 0.05) is 25.4 Å². The molecule has 0 radical (unpaired) electrons. The van der Waals surface area contributed by atoms with E-state index < -0.39 is 0 Å². The van der Waals surface area contributed by atoms with Crippen molar-refractivity contribution in [2.75, 3.05) is 13.2 Å². The molecule has 0 aliphatic rings. The van der Waals surface area contributed by atoms with Crippen LogP contribution in [0, 0.1) is 0 Å². The van der Waals surface area contributed by atoms with E-state index in [0.717, 1.165) is 23.1 Å². The number of hydrogen-bond donors (Lipinski definition) is 0. The van der Waals surface area contributed by atoms with Crippen molar-refractivity contribution in [2.24, 2.45) is 0 Å². The zero-order valence-electron chi connectivity index (χ0n) is 19.2. The first-order chi connectivity index (χ1) is 16.1. The Labute approximate surface area is 191 Å². The van der Waals surface area contributed by atoms with Gasteiger partial charge in [0.1, 0.15) is 10.9 Å². The zero-order chi connectivity index (χ0) is 22.9. The molecule has 7 nitrogen and oxygen atoms in total. The van der Waals surface area contributed by atoms with E-state index in [1.54, 1.807) is 10.9 Å². The van der Waals surface area contributed by atoms with Gasteiger partial charge in [0.15, 0.2) is 11.3 Å². The van der Waals surface area contributed by atoms with Gasteiger partial charge in [-0.3, -0.25) is 13.9 Å². The number of benzene rings is 2. The van der Waals surface area contributed by atoms with Crippen LogP contribution in [-0.4, -0.2) is 37.3 Å². The van der Waals surface area contributed by atoms with Gasteiger partial charge in [-0.15, -0.1) is 0 Å². The fourth-order valence-corrected chi connectivity index (χ4v) is 4.17. The summed E-state index contributed by atoms with van der Waals surface area (Å²) < 4.78 is 9.01. The molecule has 2 aromatic carbocycles. The Bertz CT molecular complexity index is 1500. The summed E-state index contributed by atoms with van der Waals surface area (Å²) in [5, 5.41) is 0.495. The van der Waals surface area contributed by atoms with Crippen LogP contribution >= 0.6 is 0 Å². The van der Waals surface area contributed by atoms with Crippen molar-refractivity contribution >= 4 is 33.2 Å². The van der Waals surface area contributed by atoms with Crippen molar-refractivity contribution in [1.29, 1.82) is 0 Å². The number of aromatic nitrogens is 5. The van der Waals surface area contributed by atoms with Crippen molar-refractivity contribution in [2.45, 2.75) is 39.7 Å². The molecule has 0 atom stereocenters. The van der Waals surface area contributed by atoms with E-state index in [-0.39, 0.29) is 5.56 Å². The fourth-order valence-electron chi connectivity index (χ4n) is 4.17. The zero-order valence-corrected chi connectivity index (χ0v) is 19.2. The van der Waals surface area contributed by atoms with Gasteiger partial charge in [0.25, 0.3) is 5.56 Å². The number of nitrogens with zero attached hydrogens (tertiary/aromatic N) is 5. The third-order valence-corrected chi connectivity index (χ3v) is 5.94. The first-order valence-corrected chi connectivity index (χ1v) is 11.4. The molecule has 5 rings (SSSR count). The molecule has 3 aromatic heterocycles. The molecule has 0 spiro atoms. The second-order valence-electron chi connectivity index (χ2n) is 8.46. The van der Waals surface area contributed by atoms with Gasteiger partial charge in [0.05, 0.1) is 17.4 Å². The standard InChI is InChI=1S/C26H27N5O2/c1-4-33-15-7-14-30-16-27-24-22(26(30)32)23-25(29-21-9-6-5-8-20(21)28-23)31(24)19-12-10-18(11-13-19)17(2)3/h5-6,8-13,16-17H,4,7,14-15H2,1-3H3. The van der Waals surface area contributed by atoms with Crippen LogP contribution in [0.3, 0.4) is 0 Å². The van der Waals surface area contributed by atoms with Crippen molar-refractivity contribution in [3.63, 3.8) is 0 Å². The predicted octanol–water partition coefficient (Wildman–Crippen LogP) is 4.83. The molecule has 0 saturated heterocycles. The number of aryl methyl sites for hydroxylation is 1. The highest BCUT2D eigenvalue weighted by atomic mass is 16.5. The van der Waals surface area contributed by atoms with Gasteiger partial charge >= 0.3 is 0 Å². The summed E-state index contributed by atoms with van der Waals surface area (Å²) in [6.45, 7) is 8.11. The van der Waals surface area contributed by atoms with E-state index in [2.05, 4.69) is 38.1 Å². The van der Waals surface area contributed by atoms with Gasteiger partial charge in [0.2, 0.25) is 0 Å². The molecular weight excluding hydrogens is 414 g/mol. The molecule has 168 valence electrons. The minimum atomic E-state index is -0.108. The molecule has 0 saturated carbocycles. The summed E-state index contributed by atoms with van der Waals surface area (Å²) in [5.74, 6) is 0.433. The lowest BCUT2D eigenvalue weighted by molar-refractivity contribution is 0.141. The lowest BCUT2D eigenvalue weighted by atomic mass is 10.0. The third kappa shape index (κ3) is 3.78. The molecule has 5 aromatic rings. The first kappa shape index (κ1) is 21.3. The molecule has 3 heterocycles. The lowest BCUT2D eigenvalue weighted by Crippen LogP contribution is -2.21. The van der Waals surface area contributed by atoms with Crippen LogP contribution in [0.2, 0.25) is 0 Å². The van der Waals surface area contributed by atoms with Crippen molar-refractivity contribution < 1.29 is 4.74 Å². The van der Waals surface area contributed by atoms with Gasteiger partial charge in [-0.05, 0) is 49.1 Å². The third-order valence-electron chi connectivity index (χ3n) is 5.94. The fraction of sp³-hybridized carbons (Fsp3) is 0.308. The van der Waals surface area contributed by atoms with Crippen molar-refractivity contribution in [3.05, 3.63) is 70.8 Å². The monoisotopic (exact) mass is 441 g/mol. The summed E-state index contributed by atoms with van der Waals surface area (Å²) in [4.78, 5) is 28.0. The number of fused-ring (bicyclic) bond motifs is 4. The average Bonchev–Trinajstić information content (AvgIpc) is 3.15. The largest absolute Gasteiger partial charge is 0.382 e. The molecule has 0 fully saturated rings. The highest BCUT2D eigenvalue weighted by Gasteiger charge is 2.20. The van der Waals surface area contributed by atoms with Gasteiger partial charge in [-0.2, -0.15) is 0 Å². The average molecular weight is 442 g/mol. The van der Waals surface area contributed by atoms with E-state index in [9.17, 15) is 4.79 Å². The predicted molar refractivity (Wildman–Crippen MR) is 131 cm³/mol. The molecule has 0 aliphatic heterocycles. The lowest BCUT2D eigenvalue weighted by Gasteiger charge is -2.10. The normalized spacial score (nSPS) is 11.9. The first-order valence-electron chi connectivity index (χ1n) is 11.4. The van der Waals surface area contributed by atoms with Gasteiger partial charge in [-0.25, -0.2) is 15.0 Å². The summed E-state index contributed by atoms with van der Waals surface area (Å²) in [7, 11) is 0. The van der Waals surface area contributed by atoms with Crippen LogP contribution in [0.5, 0.6) is 0 Å². The minimum Gasteiger partial charge on any atom is -0.382 e. The van der Waals surface area contributed by atoms with Crippen LogP contribution in [0.15, 0.2) is 59.7 Å². The molecule has 33 heavy (non-hydrogen) atoms. The Kier molecular flexibility index (Phi) is 5.64. The SMILES string of the molecule is CCOCCCn1cnc2c(c1=O)c1nc3ccccc3nc1n2-c1ccc(C(C)C)cc1. The Morgan fingerprint density at radius 2 is 1.70 bits per heavy atom. The van der Waals surface area contributed by atoms with E-state index in [4.69, 9.17) is 19.7 Å². The molecule has 7 heteroatoms. The van der Waals surface area contributed by atoms with E-state index in [1.807, 2.05) is 35.8 Å². The van der Waals surface area contributed by atoms with Crippen LogP contribution < -0.4 is 5.56 Å². The highest BCUT2D eigenvalue weighted by Crippen LogP contribution is 2.29. The highest BCUT2D eigenvalue weighted by molar-refractivity contribution is 6.05. The van der Waals surface area contributed by atoms with Crippen LogP contribution in [-0.2, 0) is 11.3 Å². The minimum absolute atomic E-state index is 0.108. The Hall–Kier alpha value is -3.58. The molecular formula is C26H27N5O2. The maximum Gasteiger partial charge on any atom is 0.265 e. The van der Waals surface area contributed by atoms with Crippen LogP contribution in [0.1, 0.15) is 38.7 Å². The Balaban J connectivity index is 1.76. The maximum atomic E-state index is 13.5. The van der Waals surface area contributed by atoms with Gasteiger partial charge < -0.3 is 4.74 Å². The second-order valence-corrected chi connectivity index (χ2v) is 8.46. The van der Waals surface area contributed by atoms with Crippen molar-refractivity contribution in [1.82, 2.24) is 24.1 Å². The van der Waals surface area contributed by atoms with Crippen LogP contribution in [0.25, 0.3) is 38.9 Å². The number of hydrogen-bond acceptors (Lipinski definition) is 5. The number of ether oxygens (including phenoxy) is 1. The van der Waals surface area contributed by atoms with E-state index in [1.165, 1.54) is 5.56 Å². The molecule has 0 unspecified atom stereocenters. The molecule has 0 bridgehead atoms. The summed E-state index contributed by atoms with van der Waals surface area (Å²) >= 11 is 0. The smallest absolute Gasteiger partial charge is 0.265 e. The Morgan fingerprint density at radius 1 is 0.970 bits per heavy atom.